The van der Waals surface area contributed by atoms with Gasteiger partial charge in [0.05, 0.1) is 18.1 Å². The van der Waals surface area contributed by atoms with Crippen molar-refractivity contribution in [3.8, 4) is 0 Å². The first kappa shape index (κ1) is 11.8. The highest BCUT2D eigenvalue weighted by atomic mass is 79.9. The van der Waals surface area contributed by atoms with Gasteiger partial charge >= 0.3 is 0 Å². The molecule has 1 unspecified atom stereocenters. The van der Waals surface area contributed by atoms with Crippen LogP contribution >= 0.6 is 27.3 Å². The van der Waals surface area contributed by atoms with Gasteiger partial charge in [0.15, 0.2) is 0 Å². The van der Waals surface area contributed by atoms with Crippen LogP contribution < -0.4 is 5.32 Å². The van der Waals surface area contributed by atoms with E-state index in [0.29, 0.717) is 0 Å². The first-order chi connectivity index (χ1) is 7.72. The number of hydrogen-bond acceptors (Lipinski definition) is 3. The van der Waals surface area contributed by atoms with E-state index in [1.165, 1.54) is 5.56 Å². The van der Waals surface area contributed by atoms with Crippen LogP contribution in [0.15, 0.2) is 27.8 Å². The normalized spacial score (nSPS) is 12.9. The summed E-state index contributed by atoms with van der Waals surface area (Å²) in [5.74, 6) is 0. The monoisotopic (exact) mass is 299 g/mol. The van der Waals surface area contributed by atoms with Gasteiger partial charge in [-0.05, 0) is 27.9 Å². The zero-order valence-electron chi connectivity index (χ0n) is 9.27. The molecule has 1 atom stereocenters. The molecule has 0 aromatic carbocycles. The van der Waals surface area contributed by atoms with E-state index in [2.05, 4.69) is 50.1 Å². The van der Waals surface area contributed by atoms with Crippen molar-refractivity contribution in [2.75, 3.05) is 6.54 Å². The fraction of sp³-hybridized carbons (Fsp3) is 0.364. The largest absolute Gasteiger partial charge is 0.340 e. The maximum absolute atomic E-state index is 4.42. The summed E-state index contributed by atoms with van der Waals surface area (Å²) in [6.45, 7) is 3.03. The van der Waals surface area contributed by atoms with Crippen molar-refractivity contribution >= 4 is 27.3 Å². The van der Waals surface area contributed by atoms with Gasteiger partial charge in [-0.2, -0.15) is 11.3 Å². The molecule has 2 heterocycles. The number of aryl methyl sites for hydroxylation is 1. The quantitative estimate of drug-likeness (QED) is 0.941. The molecule has 0 bridgehead atoms. The third-order valence-electron chi connectivity index (χ3n) is 2.38. The Kier molecular flexibility index (Phi) is 3.78. The average molecular weight is 300 g/mol. The van der Waals surface area contributed by atoms with E-state index >= 15 is 0 Å². The summed E-state index contributed by atoms with van der Waals surface area (Å²) in [7, 11) is 1.99. The van der Waals surface area contributed by atoms with Gasteiger partial charge < -0.3 is 9.88 Å². The van der Waals surface area contributed by atoms with Crippen molar-refractivity contribution in [3.63, 3.8) is 0 Å². The zero-order valence-corrected chi connectivity index (χ0v) is 11.7. The van der Waals surface area contributed by atoms with Crippen LogP contribution in [0.25, 0.3) is 0 Å². The molecule has 0 fully saturated rings. The van der Waals surface area contributed by atoms with Crippen molar-refractivity contribution in [1.29, 1.82) is 0 Å². The molecule has 16 heavy (non-hydrogen) atoms. The van der Waals surface area contributed by atoms with Crippen molar-refractivity contribution < 1.29 is 0 Å². The Morgan fingerprint density at radius 1 is 1.56 bits per heavy atom. The number of thiophene rings is 1. The molecule has 0 aliphatic rings. The Hall–Kier alpha value is -0.650. The summed E-state index contributed by atoms with van der Waals surface area (Å²) in [6.07, 6.45) is 3.89. The highest BCUT2D eigenvalue weighted by molar-refractivity contribution is 9.10. The van der Waals surface area contributed by atoms with E-state index in [-0.39, 0.29) is 6.04 Å². The van der Waals surface area contributed by atoms with Crippen LogP contribution in [0.5, 0.6) is 0 Å². The standard InChI is InChI=1S/C11H14BrN3S/c1-3-13-11(8-5-16-6-9(8)12)10-4-15(2)7-14-10/h4-7,11,13H,3H2,1-2H3. The minimum atomic E-state index is 0.173. The predicted octanol–water partition coefficient (Wildman–Crippen LogP) is 2.94. The Labute approximate surface area is 108 Å². The van der Waals surface area contributed by atoms with Gasteiger partial charge in [-0.25, -0.2) is 4.98 Å². The number of aromatic nitrogens is 2. The fourth-order valence-electron chi connectivity index (χ4n) is 1.66. The molecule has 0 aliphatic carbocycles. The van der Waals surface area contributed by atoms with Crippen molar-refractivity contribution in [1.82, 2.24) is 14.9 Å². The number of imidazole rings is 1. The summed E-state index contributed by atoms with van der Waals surface area (Å²) < 4.78 is 3.12. The van der Waals surface area contributed by atoms with E-state index in [1.807, 2.05) is 17.9 Å². The van der Waals surface area contributed by atoms with Crippen LogP contribution in [0.4, 0.5) is 0 Å². The molecular weight excluding hydrogens is 286 g/mol. The molecule has 0 aliphatic heterocycles. The molecule has 5 heteroatoms. The number of nitrogens with one attached hydrogen (secondary N) is 1. The lowest BCUT2D eigenvalue weighted by atomic mass is 10.1. The summed E-state index contributed by atoms with van der Waals surface area (Å²) >= 11 is 5.28. The molecule has 2 rings (SSSR count). The second kappa shape index (κ2) is 5.12. The summed E-state index contributed by atoms with van der Waals surface area (Å²) in [5.41, 5.74) is 2.31. The zero-order chi connectivity index (χ0) is 11.5. The molecule has 2 aromatic rings. The number of rotatable bonds is 4. The molecular formula is C11H14BrN3S. The van der Waals surface area contributed by atoms with Gasteiger partial charge in [-0.3, -0.25) is 0 Å². The predicted molar refractivity (Wildman–Crippen MR) is 70.7 cm³/mol. The van der Waals surface area contributed by atoms with Crippen LogP contribution in [-0.2, 0) is 7.05 Å². The third-order valence-corrected chi connectivity index (χ3v) is 4.13. The molecule has 0 saturated carbocycles. The molecule has 86 valence electrons. The molecule has 3 nitrogen and oxygen atoms in total. The maximum atomic E-state index is 4.42. The molecule has 0 spiro atoms. The van der Waals surface area contributed by atoms with E-state index in [4.69, 9.17) is 0 Å². The molecule has 0 amide bonds. The Morgan fingerprint density at radius 3 is 2.88 bits per heavy atom. The van der Waals surface area contributed by atoms with Crippen LogP contribution in [0.1, 0.15) is 24.2 Å². The fourth-order valence-corrected chi connectivity index (χ4v) is 3.21. The highest BCUT2D eigenvalue weighted by Crippen LogP contribution is 2.30. The second-order valence-electron chi connectivity index (χ2n) is 3.63. The molecule has 0 saturated heterocycles. The molecule has 0 radical (unpaired) electrons. The summed E-state index contributed by atoms with van der Waals surface area (Å²) in [5, 5.41) is 7.71. The Morgan fingerprint density at radius 2 is 2.38 bits per heavy atom. The van der Waals surface area contributed by atoms with Gasteiger partial charge in [-0.15, -0.1) is 0 Å². The first-order valence-electron chi connectivity index (χ1n) is 5.15. The highest BCUT2D eigenvalue weighted by Gasteiger charge is 2.18. The van der Waals surface area contributed by atoms with E-state index in [1.54, 1.807) is 11.3 Å². The van der Waals surface area contributed by atoms with Crippen LogP contribution in [0.2, 0.25) is 0 Å². The van der Waals surface area contributed by atoms with Gasteiger partial charge in [0.2, 0.25) is 0 Å². The third kappa shape index (κ3) is 2.36. The summed E-state index contributed by atoms with van der Waals surface area (Å²) in [6, 6.07) is 0.173. The van der Waals surface area contributed by atoms with Gasteiger partial charge in [0.1, 0.15) is 0 Å². The van der Waals surface area contributed by atoms with Gasteiger partial charge in [0.25, 0.3) is 0 Å². The SMILES string of the molecule is CCNC(c1cn(C)cn1)c1cscc1Br. The van der Waals surface area contributed by atoms with Crippen molar-refractivity contribution in [2.45, 2.75) is 13.0 Å². The lowest BCUT2D eigenvalue weighted by molar-refractivity contribution is 0.617. The van der Waals surface area contributed by atoms with Crippen LogP contribution in [0, 0.1) is 0 Å². The van der Waals surface area contributed by atoms with Crippen LogP contribution in [0.3, 0.4) is 0 Å². The molecule has 2 aromatic heterocycles. The van der Waals surface area contributed by atoms with E-state index in [0.717, 1.165) is 16.7 Å². The van der Waals surface area contributed by atoms with Crippen molar-refractivity contribution in [3.05, 3.63) is 39.0 Å². The lowest BCUT2D eigenvalue weighted by Gasteiger charge is -2.15. The topological polar surface area (TPSA) is 29.9 Å². The summed E-state index contributed by atoms with van der Waals surface area (Å²) in [4.78, 5) is 4.42. The van der Waals surface area contributed by atoms with E-state index < -0.39 is 0 Å². The van der Waals surface area contributed by atoms with Crippen LogP contribution in [-0.4, -0.2) is 16.1 Å². The average Bonchev–Trinajstić information content (AvgIpc) is 2.84. The molecule has 1 N–H and O–H groups in total. The maximum Gasteiger partial charge on any atom is 0.0947 e. The minimum absolute atomic E-state index is 0.173. The number of halogens is 1. The Bertz CT molecular complexity index is 463. The number of nitrogens with zero attached hydrogens (tertiary/aromatic N) is 2. The van der Waals surface area contributed by atoms with Gasteiger partial charge in [-0.1, -0.05) is 6.92 Å². The minimum Gasteiger partial charge on any atom is -0.340 e. The first-order valence-corrected chi connectivity index (χ1v) is 6.88. The lowest BCUT2D eigenvalue weighted by Crippen LogP contribution is -2.22. The van der Waals surface area contributed by atoms with Crippen molar-refractivity contribution in [2.24, 2.45) is 7.05 Å². The Balaban J connectivity index is 2.34. The smallest absolute Gasteiger partial charge is 0.0947 e. The van der Waals surface area contributed by atoms with Gasteiger partial charge in [0, 0.05) is 28.7 Å². The van der Waals surface area contributed by atoms with E-state index in [9.17, 15) is 0 Å². The second-order valence-corrected chi connectivity index (χ2v) is 5.23. The number of hydrogen-bond donors (Lipinski definition) is 1.